The molecule has 1 unspecified atom stereocenters. The van der Waals surface area contributed by atoms with E-state index in [0.717, 1.165) is 46.4 Å². The lowest BCUT2D eigenvalue weighted by Crippen LogP contribution is -2.12. The van der Waals surface area contributed by atoms with Crippen molar-refractivity contribution in [1.82, 2.24) is 0 Å². The van der Waals surface area contributed by atoms with Gasteiger partial charge in [0.2, 0.25) is 0 Å². The van der Waals surface area contributed by atoms with Crippen LogP contribution in [0.1, 0.15) is 5.56 Å². The zero-order valence-corrected chi connectivity index (χ0v) is 21.5. The lowest BCUT2D eigenvalue weighted by atomic mass is 10.1. The first-order valence-corrected chi connectivity index (χ1v) is 13.1. The number of hydrazone groups is 1. The number of rotatable bonds is 10. The molecule has 0 spiro atoms. The minimum Gasteiger partial charge on any atom is -0.490 e. The summed E-state index contributed by atoms with van der Waals surface area (Å²) in [7, 11) is 0. The van der Waals surface area contributed by atoms with E-state index in [1.54, 1.807) is 0 Å². The van der Waals surface area contributed by atoms with Gasteiger partial charge in [-0.05, 0) is 60.7 Å². The molecule has 5 aromatic rings. The van der Waals surface area contributed by atoms with Gasteiger partial charge in [0.25, 0.3) is 0 Å². The molecule has 5 heteroatoms. The van der Waals surface area contributed by atoms with Crippen LogP contribution in [0.4, 0.5) is 28.4 Å². The van der Waals surface area contributed by atoms with E-state index in [9.17, 15) is 0 Å². The Morgan fingerprint density at radius 3 is 1.62 bits per heavy atom. The molecule has 6 rings (SSSR count). The van der Waals surface area contributed by atoms with Crippen molar-refractivity contribution in [3.63, 3.8) is 0 Å². The third-order valence-corrected chi connectivity index (χ3v) is 6.43. The normalized spacial score (nSPS) is 14.2. The SMILES string of the molecule is C(=N\N(c1ccccc1)c1ccccc1)/c1ccc(N(c2ccccc2)c2ccccc2)cc1OCC1CO1. The Hall–Kier alpha value is -4.87. The summed E-state index contributed by atoms with van der Waals surface area (Å²) in [5.74, 6) is 0.754. The monoisotopic (exact) mass is 511 g/mol. The van der Waals surface area contributed by atoms with Gasteiger partial charge in [0.15, 0.2) is 0 Å². The first kappa shape index (κ1) is 24.5. The molecule has 1 fully saturated rings. The number of ether oxygens (including phenoxy) is 2. The van der Waals surface area contributed by atoms with E-state index in [-0.39, 0.29) is 6.10 Å². The number of hydrogen-bond acceptors (Lipinski definition) is 5. The van der Waals surface area contributed by atoms with Gasteiger partial charge in [-0.2, -0.15) is 5.10 Å². The summed E-state index contributed by atoms with van der Waals surface area (Å²) in [5, 5.41) is 6.84. The van der Waals surface area contributed by atoms with Gasteiger partial charge in [-0.25, -0.2) is 5.01 Å². The first-order valence-electron chi connectivity index (χ1n) is 13.1. The molecule has 0 saturated carbocycles. The van der Waals surface area contributed by atoms with Crippen LogP contribution < -0.4 is 14.6 Å². The Balaban J connectivity index is 1.39. The number of benzene rings is 5. The van der Waals surface area contributed by atoms with E-state index < -0.39 is 0 Å². The number of hydrogen-bond donors (Lipinski definition) is 0. The fourth-order valence-corrected chi connectivity index (χ4v) is 4.38. The van der Waals surface area contributed by atoms with Gasteiger partial charge in [-0.15, -0.1) is 0 Å². The Labute approximate surface area is 229 Å². The number of anilines is 5. The van der Waals surface area contributed by atoms with Crippen molar-refractivity contribution in [2.24, 2.45) is 5.10 Å². The van der Waals surface area contributed by atoms with Crippen molar-refractivity contribution >= 4 is 34.7 Å². The Morgan fingerprint density at radius 1 is 0.641 bits per heavy atom. The van der Waals surface area contributed by atoms with E-state index in [1.165, 1.54) is 0 Å². The van der Waals surface area contributed by atoms with Crippen LogP contribution in [-0.4, -0.2) is 25.5 Å². The van der Waals surface area contributed by atoms with Crippen LogP contribution in [0, 0.1) is 0 Å². The Kier molecular flexibility index (Phi) is 7.32. The summed E-state index contributed by atoms with van der Waals surface area (Å²) in [6, 6.07) is 47.2. The van der Waals surface area contributed by atoms with E-state index in [2.05, 4.69) is 71.6 Å². The number of epoxide rings is 1. The van der Waals surface area contributed by atoms with Gasteiger partial charge in [0.05, 0.1) is 24.2 Å². The van der Waals surface area contributed by atoms with Crippen LogP contribution >= 0.6 is 0 Å². The fraction of sp³-hybridized carbons (Fsp3) is 0.0882. The van der Waals surface area contributed by atoms with Crippen LogP contribution in [0.3, 0.4) is 0 Å². The molecule has 1 heterocycles. The molecule has 0 aliphatic carbocycles. The second-order valence-corrected chi connectivity index (χ2v) is 9.22. The second-order valence-electron chi connectivity index (χ2n) is 9.22. The van der Waals surface area contributed by atoms with E-state index in [0.29, 0.717) is 6.61 Å². The molecule has 0 N–H and O–H groups in total. The lowest BCUT2D eigenvalue weighted by Gasteiger charge is -2.26. The molecule has 1 aliphatic rings. The van der Waals surface area contributed by atoms with Crippen LogP contribution in [-0.2, 0) is 4.74 Å². The molecule has 39 heavy (non-hydrogen) atoms. The largest absolute Gasteiger partial charge is 0.490 e. The molecular formula is C34H29N3O2. The molecule has 1 saturated heterocycles. The average molecular weight is 512 g/mol. The van der Waals surface area contributed by atoms with Crippen LogP contribution in [0.5, 0.6) is 5.75 Å². The van der Waals surface area contributed by atoms with Crippen LogP contribution in [0.25, 0.3) is 0 Å². The smallest absolute Gasteiger partial charge is 0.130 e. The molecule has 5 nitrogen and oxygen atoms in total. The van der Waals surface area contributed by atoms with Gasteiger partial charge in [-0.1, -0.05) is 72.8 Å². The highest BCUT2D eigenvalue weighted by molar-refractivity contribution is 5.88. The van der Waals surface area contributed by atoms with Crippen LogP contribution in [0.15, 0.2) is 145 Å². The molecule has 0 aromatic heterocycles. The molecule has 5 aromatic carbocycles. The summed E-state index contributed by atoms with van der Waals surface area (Å²) < 4.78 is 11.7. The van der Waals surface area contributed by atoms with Crippen molar-refractivity contribution in [2.45, 2.75) is 6.10 Å². The molecule has 192 valence electrons. The predicted molar refractivity (Wildman–Crippen MR) is 159 cm³/mol. The zero-order chi connectivity index (χ0) is 26.3. The van der Waals surface area contributed by atoms with Crippen LogP contribution in [0.2, 0.25) is 0 Å². The maximum absolute atomic E-state index is 6.31. The standard InChI is InChI=1S/C34H29N3O2/c1-5-13-28(14-6-1)36(29-15-7-2-8-16-29)32-22-21-27(34(23-32)39-26-33-25-38-33)24-35-37(30-17-9-3-10-18-30)31-19-11-4-12-20-31/h1-24,33H,25-26H2/b35-24+. The van der Waals surface area contributed by atoms with Crippen molar-refractivity contribution in [3.05, 3.63) is 145 Å². The van der Waals surface area contributed by atoms with Gasteiger partial charge in [-0.3, -0.25) is 0 Å². The van der Waals surface area contributed by atoms with Crippen molar-refractivity contribution < 1.29 is 9.47 Å². The van der Waals surface area contributed by atoms with Gasteiger partial charge in [0.1, 0.15) is 18.5 Å². The van der Waals surface area contributed by atoms with Gasteiger partial charge in [0, 0.05) is 28.7 Å². The summed E-state index contributed by atoms with van der Waals surface area (Å²) >= 11 is 0. The zero-order valence-electron chi connectivity index (χ0n) is 21.5. The molecule has 0 amide bonds. The lowest BCUT2D eigenvalue weighted by molar-refractivity contribution is 0.263. The summed E-state index contributed by atoms with van der Waals surface area (Å²) in [6.07, 6.45) is 2.00. The molecular weight excluding hydrogens is 482 g/mol. The maximum Gasteiger partial charge on any atom is 0.130 e. The fourth-order valence-electron chi connectivity index (χ4n) is 4.38. The average Bonchev–Trinajstić information content (AvgIpc) is 3.84. The third-order valence-electron chi connectivity index (χ3n) is 6.43. The quantitative estimate of drug-likeness (QED) is 0.108. The highest BCUT2D eigenvalue weighted by Crippen LogP contribution is 2.37. The number of para-hydroxylation sites is 4. The number of nitrogens with zero attached hydrogens (tertiary/aromatic N) is 3. The minimum absolute atomic E-state index is 0.142. The van der Waals surface area contributed by atoms with Gasteiger partial charge < -0.3 is 14.4 Å². The Bertz CT molecular complexity index is 1430. The van der Waals surface area contributed by atoms with Crippen molar-refractivity contribution in [2.75, 3.05) is 23.1 Å². The van der Waals surface area contributed by atoms with Crippen molar-refractivity contribution in [1.29, 1.82) is 0 Å². The minimum atomic E-state index is 0.142. The van der Waals surface area contributed by atoms with Crippen molar-refractivity contribution in [3.8, 4) is 5.75 Å². The predicted octanol–water partition coefficient (Wildman–Crippen LogP) is 8.11. The highest BCUT2D eigenvalue weighted by Gasteiger charge is 2.24. The highest BCUT2D eigenvalue weighted by atomic mass is 16.6. The molecule has 1 atom stereocenters. The van der Waals surface area contributed by atoms with E-state index in [1.807, 2.05) is 84.0 Å². The molecule has 0 bridgehead atoms. The topological polar surface area (TPSA) is 40.6 Å². The second kappa shape index (κ2) is 11.7. The third kappa shape index (κ3) is 6.00. The maximum atomic E-state index is 6.31. The first-order chi connectivity index (χ1) is 19.3. The summed E-state index contributed by atoms with van der Waals surface area (Å²) in [4.78, 5) is 2.22. The summed E-state index contributed by atoms with van der Waals surface area (Å²) in [6.45, 7) is 1.24. The summed E-state index contributed by atoms with van der Waals surface area (Å²) in [5.41, 5.74) is 5.98. The molecule has 1 aliphatic heterocycles. The van der Waals surface area contributed by atoms with E-state index >= 15 is 0 Å². The molecule has 0 radical (unpaired) electrons. The van der Waals surface area contributed by atoms with E-state index in [4.69, 9.17) is 14.6 Å². The Morgan fingerprint density at radius 2 is 1.13 bits per heavy atom. The van der Waals surface area contributed by atoms with Gasteiger partial charge >= 0.3 is 0 Å².